The van der Waals surface area contributed by atoms with E-state index in [1.54, 1.807) is 30.3 Å². The molecular formula is C19H21N3O6S. The van der Waals surface area contributed by atoms with Gasteiger partial charge in [0.2, 0.25) is 21.8 Å². The Morgan fingerprint density at radius 1 is 0.931 bits per heavy atom. The summed E-state index contributed by atoms with van der Waals surface area (Å²) in [7, 11) is -4.13. The zero-order valence-electron chi connectivity index (χ0n) is 15.6. The van der Waals surface area contributed by atoms with Gasteiger partial charge in [-0.2, -0.15) is 4.72 Å². The summed E-state index contributed by atoms with van der Waals surface area (Å²) >= 11 is 0. The lowest BCUT2D eigenvalue weighted by atomic mass is 10.1. The van der Waals surface area contributed by atoms with Crippen LogP contribution in [-0.4, -0.2) is 37.3 Å². The van der Waals surface area contributed by atoms with Gasteiger partial charge in [0.15, 0.2) is 0 Å². The van der Waals surface area contributed by atoms with Crippen LogP contribution in [0.15, 0.2) is 59.5 Å². The van der Waals surface area contributed by atoms with Gasteiger partial charge < -0.3 is 15.7 Å². The Labute approximate surface area is 168 Å². The van der Waals surface area contributed by atoms with Crippen molar-refractivity contribution >= 4 is 39.2 Å². The third-order valence-electron chi connectivity index (χ3n) is 3.80. The third kappa shape index (κ3) is 7.01. The van der Waals surface area contributed by atoms with Gasteiger partial charge in [0.1, 0.15) is 6.04 Å². The van der Waals surface area contributed by atoms with E-state index in [2.05, 4.69) is 15.4 Å². The first-order valence-electron chi connectivity index (χ1n) is 8.65. The van der Waals surface area contributed by atoms with Gasteiger partial charge in [-0.05, 0) is 42.8 Å². The van der Waals surface area contributed by atoms with Gasteiger partial charge in [-0.3, -0.25) is 14.4 Å². The van der Waals surface area contributed by atoms with Crippen LogP contribution in [0.25, 0.3) is 0 Å². The molecule has 0 bridgehead atoms. The molecule has 9 nitrogen and oxygen atoms in total. The average molecular weight is 419 g/mol. The van der Waals surface area contributed by atoms with Crippen molar-refractivity contribution in [1.82, 2.24) is 4.72 Å². The molecule has 29 heavy (non-hydrogen) atoms. The molecule has 0 radical (unpaired) electrons. The van der Waals surface area contributed by atoms with Crippen LogP contribution in [-0.2, 0) is 24.4 Å². The topological polar surface area (TPSA) is 142 Å². The van der Waals surface area contributed by atoms with Crippen LogP contribution < -0.4 is 15.4 Å². The quantitative estimate of drug-likeness (QED) is 0.488. The van der Waals surface area contributed by atoms with Gasteiger partial charge in [-0.15, -0.1) is 0 Å². The SMILES string of the molecule is CC(=O)Nc1ccc(S(=O)(=O)NC(CCC(=O)Nc2ccccc2)C(=O)O)cc1. The number of rotatable bonds is 9. The number of aliphatic carboxylic acids is 1. The Morgan fingerprint density at radius 2 is 1.52 bits per heavy atom. The molecule has 1 atom stereocenters. The second-order valence-electron chi connectivity index (χ2n) is 6.17. The number of anilines is 2. The molecule has 0 heterocycles. The largest absolute Gasteiger partial charge is 0.480 e. The number of nitrogens with one attached hydrogen (secondary N) is 3. The van der Waals surface area contributed by atoms with Crippen LogP contribution in [0.2, 0.25) is 0 Å². The Morgan fingerprint density at radius 3 is 2.07 bits per heavy atom. The second kappa shape index (κ2) is 9.80. The number of para-hydroxylation sites is 1. The fourth-order valence-electron chi connectivity index (χ4n) is 2.43. The normalized spacial score (nSPS) is 12.0. The molecule has 0 fully saturated rings. The maximum Gasteiger partial charge on any atom is 0.321 e. The van der Waals surface area contributed by atoms with Gasteiger partial charge in [-0.25, -0.2) is 8.42 Å². The highest BCUT2D eigenvalue weighted by molar-refractivity contribution is 7.89. The van der Waals surface area contributed by atoms with Crippen molar-refractivity contribution in [3.05, 3.63) is 54.6 Å². The van der Waals surface area contributed by atoms with Gasteiger partial charge >= 0.3 is 5.97 Å². The number of carboxylic acids is 1. The number of amides is 2. The van der Waals surface area contributed by atoms with Crippen molar-refractivity contribution in [1.29, 1.82) is 0 Å². The Bertz CT molecular complexity index is 975. The van der Waals surface area contributed by atoms with E-state index in [9.17, 15) is 27.9 Å². The number of hydrogen-bond acceptors (Lipinski definition) is 5. The summed E-state index contributed by atoms with van der Waals surface area (Å²) in [6, 6.07) is 12.4. The average Bonchev–Trinajstić information content (AvgIpc) is 2.65. The van der Waals surface area contributed by atoms with Crippen molar-refractivity contribution < 1.29 is 27.9 Å². The van der Waals surface area contributed by atoms with Crippen molar-refractivity contribution in [3.8, 4) is 0 Å². The van der Waals surface area contributed by atoms with E-state index in [-0.39, 0.29) is 23.6 Å². The first-order valence-corrected chi connectivity index (χ1v) is 10.1. The number of benzene rings is 2. The number of carbonyl (C=O) groups is 3. The predicted molar refractivity (Wildman–Crippen MR) is 107 cm³/mol. The van der Waals surface area contributed by atoms with Crippen molar-refractivity contribution in [3.63, 3.8) is 0 Å². The lowest BCUT2D eigenvalue weighted by molar-refractivity contribution is -0.139. The lowest BCUT2D eigenvalue weighted by Crippen LogP contribution is -2.41. The molecule has 0 spiro atoms. The molecule has 0 saturated carbocycles. The highest BCUT2D eigenvalue weighted by Crippen LogP contribution is 2.15. The summed E-state index contributed by atoms with van der Waals surface area (Å²) in [6.07, 6.45) is -0.410. The van der Waals surface area contributed by atoms with Gasteiger partial charge in [0.05, 0.1) is 4.90 Å². The highest BCUT2D eigenvalue weighted by Gasteiger charge is 2.26. The summed E-state index contributed by atoms with van der Waals surface area (Å²) in [6.45, 7) is 1.32. The van der Waals surface area contributed by atoms with E-state index < -0.39 is 27.9 Å². The Hall–Kier alpha value is -3.24. The molecule has 0 aliphatic rings. The molecule has 1 unspecified atom stereocenters. The molecule has 0 aromatic heterocycles. The van der Waals surface area contributed by atoms with Crippen LogP contribution in [0.3, 0.4) is 0 Å². The lowest BCUT2D eigenvalue weighted by Gasteiger charge is -2.15. The monoisotopic (exact) mass is 419 g/mol. The van der Waals surface area contributed by atoms with Gasteiger partial charge in [0.25, 0.3) is 0 Å². The maximum absolute atomic E-state index is 12.5. The van der Waals surface area contributed by atoms with Crippen molar-refractivity contribution in [2.75, 3.05) is 10.6 Å². The molecule has 2 aromatic carbocycles. The van der Waals surface area contributed by atoms with E-state index in [1.807, 2.05) is 0 Å². The molecule has 2 rings (SSSR count). The molecule has 2 amide bonds. The molecule has 10 heteroatoms. The molecule has 0 saturated heterocycles. The predicted octanol–water partition coefficient (Wildman–Crippen LogP) is 1.80. The summed E-state index contributed by atoms with van der Waals surface area (Å²) in [5.74, 6) is -2.13. The fourth-order valence-corrected chi connectivity index (χ4v) is 3.65. The highest BCUT2D eigenvalue weighted by atomic mass is 32.2. The van der Waals surface area contributed by atoms with Crippen LogP contribution in [0.5, 0.6) is 0 Å². The van der Waals surface area contributed by atoms with E-state index in [4.69, 9.17) is 0 Å². The molecule has 4 N–H and O–H groups in total. The maximum atomic E-state index is 12.5. The van der Waals surface area contributed by atoms with E-state index in [0.29, 0.717) is 11.4 Å². The van der Waals surface area contributed by atoms with Crippen LogP contribution in [0, 0.1) is 0 Å². The molecule has 0 aliphatic heterocycles. The minimum atomic E-state index is -4.13. The van der Waals surface area contributed by atoms with Crippen molar-refractivity contribution in [2.24, 2.45) is 0 Å². The zero-order chi connectivity index (χ0) is 21.4. The second-order valence-corrected chi connectivity index (χ2v) is 7.88. The van der Waals surface area contributed by atoms with Gasteiger partial charge in [0, 0.05) is 24.7 Å². The number of hydrogen-bond donors (Lipinski definition) is 4. The Balaban J connectivity index is 2.00. The van der Waals surface area contributed by atoms with E-state index in [0.717, 1.165) is 0 Å². The standard InChI is InChI=1S/C19H21N3O6S/c1-13(23)20-15-7-9-16(10-8-15)29(27,28)22-17(19(25)26)11-12-18(24)21-14-5-3-2-4-6-14/h2-10,17,22H,11-12H2,1H3,(H,20,23)(H,21,24)(H,25,26). The summed E-state index contributed by atoms with van der Waals surface area (Å²) < 4.78 is 27.0. The third-order valence-corrected chi connectivity index (χ3v) is 5.29. The van der Waals surface area contributed by atoms with E-state index >= 15 is 0 Å². The van der Waals surface area contributed by atoms with Crippen molar-refractivity contribution in [2.45, 2.75) is 30.7 Å². The fraction of sp³-hybridized carbons (Fsp3) is 0.211. The van der Waals surface area contributed by atoms with E-state index in [1.165, 1.54) is 31.2 Å². The smallest absolute Gasteiger partial charge is 0.321 e. The minimum absolute atomic E-state index is 0.161. The Kier molecular flexibility index (Phi) is 7.46. The summed E-state index contributed by atoms with van der Waals surface area (Å²) in [4.78, 5) is 34.3. The zero-order valence-corrected chi connectivity index (χ0v) is 16.4. The summed E-state index contributed by atoms with van der Waals surface area (Å²) in [5, 5.41) is 14.4. The molecule has 2 aromatic rings. The van der Waals surface area contributed by atoms with Crippen LogP contribution in [0.1, 0.15) is 19.8 Å². The minimum Gasteiger partial charge on any atom is -0.480 e. The first-order chi connectivity index (χ1) is 13.7. The molecule has 154 valence electrons. The first kappa shape index (κ1) is 22.1. The number of sulfonamides is 1. The summed E-state index contributed by atoms with van der Waals surface area (Å²) in [5.41, 5.74) is 0.966. The number of carboxylic acid groups (broad SMARTS) is 1. The van der Waals surface area contributed by atoms with Crippen LogP contribution in [0.4, 0.5) is 11.4 Å². The van der Waals surface area contributed by atoms with Crippen LogP contribution >= 0.6 is 0 Å². The number of carbonyl (C=O) groups excluding carboxylic acids is 2. The molecule has 0 aliphatic carbocycles. The van der Waals surface area contributed by atoms with Gasteiger partial charge in [-0.1, -0.05) is 18.2 Å². The molecular weight excluding hydrogens is 398 g/mol.